The van der Waals surface area contributed by atoms with E-state index in [9.17, 15) is 10.0 Å². The molecule has 22 heavy (non-hydrogen) atoms. The lowest BCUT2D eigenvalue weighted by Gasteiger charge is -2.29. The molecule has 6 heteroatoms. The Kier molecular flexibility index (Phi) is 4.59. The Balaban J connectivity index is 2.10. The molecule has 0 saturated carbocycles. The number of hydrogen-bond acceptors (Lipinski definition) is 4. The number of pyridine rings is 1. The summed E-state index contributed by atoms with van der Waals surface area (Å²) in [6.45, 7) is 6.62. The fourth-order valence-electron chi connectivity index (χ4n) is 2.29. The number of carbonyl (C=O) groups excluding carboxylic acids is 1. The minimum atomic E-state index is -0.495. The van der Waals surface area contributed by atoms with E-state index in [0.29, 0.717) is 30.0 Å². The molecule has 0 saturated heterocycles. The van der Waals surface area contributed by atoms with E-state index in [4.69, 9.17) is 9.47 Å². The predicted octanol–water partition coefficient (Wildman–Crippen LogP) is 2.35. The molecular formula is C16H22N2O4. The first-order chi connectivity index (χ1) is 10.3. The summed E-state index contributed by atoms with van der Waals surface area (Å²) in [5, 5.41) is 11.3. The number of carbonyl (C=O) groups is 1. The lowest BCUT2D eigenvalue weighted by molar-refractivity contribution is -0.605. The van der Waals surface area contributed by atoms with Crippen LogP contribution >= 0.6 is 0 Å². The minimum Gasteiger partial charge on any atom is -0.619 e. The number of amides is 1. The second kappa shape index (κ2) is 6.25. The van der Waals surface area contributed by atoms with Crippen LogP contribution in [0.5, 0.6) is 5.75 Å². The molecular weight excluding hydrogens is 284 g/mol. The average molecular weight is 306 g/mol. The summed E-state index contributed by atoms with van der Waals surface area (Å²) in [5.74, 6) is 0.537. The summed E-state index contributed by atoms with van der Waals surface area (Å²) >= 11 is 0. The van der Waals surface area contributed by atoms with E-state index >= 15 is 0 Å². The van der Waals surface area contributed by atoms with Crippen LogP contribution in [0.2, 0.25) is 0 Å². The average Bonchev–Trinajstić information content (AvgIpc) is 2.45. The van der Waals surface area contributed by atoms with E-state index < -0.39 is 5.60 Å². The van der Waals surface area contributed by atoms with E-state index in [1.54, 1.807) is 11.0 Å². The van der Waals surface area contributed by atoms with Crippen LogP contribution in [0, 0.1) is 5.21 Å². The highest BCUT2D eigenvalue weighted by molar-refractivity contribution is 5.74. The summed E-state index contributed by atoms with van der Waals surface area (Å²) in [7, 11) is 1.54. The van der Waals surface area contributed by atoms with Crippen molar-refractivity contribution in [3.8, 4) is 5.75 Å². The van der Waals surface area contributed by atoms with Gasteiger partial charge in [-0.25, -0.2) is 4.79 Å². The first kappa shape index (κ1) is 16.1. The van der Waals surface area contributed by atoms with Crippen LogP contribution in [0.15, 0.2) is 24.5 Å². The summed E-state index contributed by atoms with van der Waals surface area (Å²) < 4.78 is 11.3. The van der Waals surface area contributed by atoms with Gasteiger partial charge < -0.3 is 19.6 Å². The Labute approximate surface area is 130 Å². The molecule has 0 spiro atoms. The molecule has 0 aliphatic carbocycles. The number of methoxy groups -OCH3 is 1. The van der Waals surface area contributed by atoms with Gasteiger partial charge in [-0.05, 0) is 32.8 Å². The lowest BCUT2D eigenvalue weighted by Crippen LogP contribution is -2.39. The summed E-state index contributed by atoms with van der Waals surface area (Å²) in [4.78, 5) is 13.7. The van der Waals surface area contributed by atoms with Crippen LogP contribution in [-0.4, -0.2) is 36.8 Å². The van der Waals surface area contributed by atoms with Crippen LogP contribution in [0.1, 0.15) is 32.8 Å². The molecule has 0 radical (unpaired) electrons. The molecule has 1 aliphatic heterocycles. The maximum atomic E-state index is 12.0. The Bertz CT molecular complexity index is 590. The van der Waals surface area contributed by atoms with Crippen molar-refractivity contribution in [1.82, 2.24) is 4.90 Å². The van der Waals surface area contributed by atoms with Crippen molar-refractivity contribution in [1.29, 1.82) is 0 Å². The van der Waals surface area contributed by atoms with E-state index in [-0.39, 0.29) is 6.09 Å². The number of rotatable bonds is 2. The van der Waals surface area contributed by atoms with Gasteiger partial charge in [0.15, 0.2) is 11.9 Å². The summed E-state index contributed by atoms with van der Waals surface area (Å²) in [6.07, 6.45) is 5.20. The zero-order chi connectivity index (χ0) is 16.3. The first-order valence-electron chi connectivity index (χ1n) is 7.24. The fraction of sp³-hybridized carbons (Fsp3) is 0.500. The van der Waals surface area contributed by atoms with E-state index in [0.717, 1.165) is 11.1 Å². The second-order valence-electron chi connectivity index (χ2n) is 6.19. The largest absolute Gasteiger partial charge is 0.619 e. The molecule has 0 fully saturated rings. The normalized spacial score (nSPS) is 15.3. The smallest absolute Gasteiger partial charge is 0.410 e. The number of aromatic nitrogens is 1. The van der Waals surface area contributed by atoms with Crippen LogP contribution in [0.3, 0.4) is 0 Å². The number of hydrogen-bond donors (Lipinski definition) is 0. The molecule has 1 aliphatic rings. The van der Waals surface area contributed by atoms with Crippen LogP contribution < -0.4 is 9.47 Å². The van der Waals surface area contributed by atoms with Crippen LogP contribution in [-0.2, 0) is 4.74 Å². The summed E-state index contributed by atoms with van der Waals surface area (Å²) in [6, 6.07) is 1.74. The Hall–Kier alpha value is -2.24. The molecule has 0 bridgehead atoms. The van der Waals surface area contributed by atoms with Crippen molar-refractivity contribution in [3.05, 3.63) is 35.3 Å². The van der Waals surface area contributed by atoms with Gasteiger partial charge in [-0.2, -0.15) is 4.73 Å². The van der Waals surface area contributed by atoms with Gasteiger partial charge in [-0.15, -0.1) is 0 Å². The third kappa shape index (κ3) is 3.90. The molecule has 120 valence electrons. The van der Waals surface area contributed by atoms with Gasteiger partial charge in [-0.3, -0.25) is 0 Å². The van der Waals surface area contributed by atoms with Gasteiger partial charge in [-0.1, -0.05) is 6.08 Å². The maximum Gasteiger partial charge on any atom is 0.410 e. The Morgan fingerprint density at radius 1 is 1.41 bits per heavy atom. The highest BCUT2D eigenvalue weighted by Crippen LogP contribution is 2.29. The molecule has 0 N–H and O–H groups in total. The molecule has 0 atom stereocenters. The van der Waals surface area contributed by atoms with Crippen molar-refractivity contribution in [2.24, 2.45) is 0 Å². The molecule has 2 heterocycles. The Morgan fingerprint density at radius 3 is 2.68 bits per heavy atom. The van der Waals surface area contributed by atoms with Crippen molar-refractivity contribution < 1.29 is 19.0 Å². The monoisotopic (exact) mass is 306 g/mol. The van der Waals surface area contributed by atoms with E-state index in [1.165, 1.54) is 19.5 Å². The molecule has 1 aromatic heterocycles. The quantitative estimate of drug-likeness (QED) is 0.621. The predicted molar refractivity (Wildman–Crippen MR) is 82.4 cm³/mol. The third-order valence-electron chi connectivity index (χ3n) is 3.32. The second-order valence-corrected chi connectivity index (χ2v) is 6.19. The third-order valence-corrected chi connectivity index (χ3v) is 3.32. The first-order valence-corrected chi connectivity index (χ1v) is 7.24. The number of nitrogens with zero attached hydrogens (tertiary/aromatic N) is 2. The fourth-order valence-corrected chi connectivity index (χ4v) is 2.29. The van der Waals surface area contributed by atoms with Crippen LogP contribution in [0.25, 0.3) is 5.57 Å². The molecule has 2 rings (SSSR count). The lowest BCUT2D eigenvalue weighted by atomic mass is 10.00. The molecule has 1 aromatic rings. The minimum absolute atomic E-state index is 0.305. The van der Waals surface area contributed by atoms with Gasteiger partial charge in [0.1, 0.15) is 5.60 Å². The van der Waals surface area contributed by atoms with Gasteiger partial charge in [0.05, 0.1) is 7.11 Å². The highest BCUT2D eigenvalue weighted by Gasteiger charge is 2.24. The molecule has 0 aromatic carbocycles. The van der Waals surface area contributed by atoms with Gasteiger partial charge >= 0.3 is 6.09 Å². The zero-order valence-electron chi connectivity index (χ0n) is 13.5. The maximum absolute atomic E-state index is 12.0. The SMILES string of the molecule is COc1c[n+]([O-])ccc1C1=CCN(C(=O)OC(C)(C)C)CC1. The van der Waals surface area contributed by atoms with Crippen molar-refractivity contribution in [3.63, 3.8) is 0 Å². The van der Waals surface area contributed by atoms with E-state index in [1.807, 2.05) is 26.8 Å². The van der Waals surface area contributed by atoms with Gasteiger partial charge in [0, 0.05) is 24.7 Å². The summed E-state index contributed by atoms with van der Waals surface area (Å²) in [5.41, 5.74) is 1.46. The van der Waals surface area contributed by atoms with Crippen molar-refractivity contribution in [2.45, 2.75) is 32.8 Å². The van der Waals surface area contributed by atoms with Gasteiger partial charge in [0.2, 0.25) is 6.20 Å². The van der Waals surface area contributed by atoms with Crippen LogP contribution in [0.4, 0.5) is 4.79 Å². The molecule has 0 unspecified atom stereocenters. The zero-order valence-corrected chi connectivity index (χ0v) is 13.5. The van der Waals surface area contributed by atoms with Gasteiger partial charge in [0.25, 0.3) is 0 Å². The van der Waals surface area contributed by atoms with Crippen molar-refractivity contribution >= 4 is 11.7 Å². The van der Waals surface area contributed by atoms with Crippen molar-refractivity contribution in [2.75, 3.05) is 20.2 Å². The van der Waals surface area contributed by atoms with E-state index in [2.05, 4.69) is 0 Å². The molecule has 1 amide bonds. The Morgan fingerprint density at radius 2 is 2.14 bits per heavy atom. The molecule has 6 nitrogen and oxygen atoms in total. The highest BCUT2D eigenvalue weighted by atomic mass is 16.6. The topological polar surface area (TPSA) is 65.7 Å². The number of ether oxygens (including phenoxy) is 2. The standard InChI is InChI=1S/C16H22N2O4/c1-16(2,3)22-15(19)17-8-5-12(6-9-17)13-7-10-18(20)11-14(13)21-4/h5,7,10-11H,6,8-9H2,1-4H3.